The number of fused-ring (bicyclic) bond motifs is 1. The summed E-state index contributed by atoms with van der Waals surface area (Å²) in [5.41, 5.74) is 3.18. The van der Waals surface area contributed by atoms with Gasteiger partial charge in [-0.15, -0.1) is 5.10 Å². The SMILES string of the molecule is C[C@H](c1ccccc1F)n1cc(C(=O)N[C@@H]2CCc3ccccc32)nn1. The van der Waals surface area contributed by atoms with E-state index in [9.17, 15) is 9.18 Å². The predicted molar refractivity (Wildman–Crippen MR) is 95.2 cm³/mol. The summed E-state index contributed by atoms with van der Waals surface area (Å²) in [7, 11) is 0. The zero-order valence-electron chi connectivity index (χ0n) is 14.4. The van der Waals surface area contributed by atoms with Crippen LogP contribution in [0.2, 0.25) is 0 Å². The highest BCUT2D eigenvalue weighted by Crippen LogP contribution is 2.30. The van der Waals surface area contributed by atoms with E-state index in [1.165, 1.54) is 16.3 Å². The van der Waals surface area contributed by atoms with E-state index in [4.69, 9.17) is 0 Å². The van der Waals surface area contributed by atoms with E-state index < -0.39 is 0 Å². The molecule has 6 heteroatoms. The third-order valence-electron chi connectivity index (χ3n) is 4.93. The number of benzene rings is 2. The molecule has 1 N–H and O–H groups in total. The summed E-state index contributed by atoms with van der Waals surface area (Å²) in [6.07, 6.45) is 3.40. The molecule has 2 atom stereocenters. The molecule has 0 spiro atoms. The minimum atomic E-state index is -0.350. The van der Waals surface area contributed by atoms with E-state index in [0.717, 1.165) is 18.4 Å². The van der Waals surface area contributed by atoms with E-state index in [1.807, 2.05) is 25.1 Å². The van der Waals surface area contributed by atoms with E-state index >= 15 is 0 Å². The largest absolute Gasteiger partial charge is 0.344 e. The third kappa shape index (κ3) is 2.98. The van der Waals surface area contributed by atoms with Crippen LogP contribution in [0, 0.1) is 5.82 Å². The molecule has 132 valence electrons. The van der Waals surface area contributed by atoms with Gasteiger partial charge in [0.25, 0.3) is 5.91 Å². The van der Waals surface area contributed by atoms with E-state index in [-0.39, 0.29) is 29.5 Å². The van der Waals surface area contributed by atoms with Gasteiger partial charge in [0.2, 0.25) is 0 Å². The normalized spacial score (nSPS) is 16.9. The molecule has 2 aromatic carbocycles. The number of nitrogens with one attached hydrogen (secondary N) is 1. The lowest BCUT2D eigenvalue weighted by Crippen LogP contribution is -2.27. The number of hydrogen-bond donors (Lipinski definition) is 1. The van der Waals surface area contributed by atoms with Crippen LogP contribution in [-0.4, -0.2) is 20.9 Å². The van der Waals surface area contributed by atoms with Gasteiger partial charge in [-0.2, -0.15) is 0 Å². The van der Waals surface area contributed by atoms with Gasteiger partial charge in [0.15, 0.2) is 5.69 Å². The number of amides is 1. The van der Waals surface area contributed by atoms with Crippen molar-refractivity contribution in [3.05, 3.63) is 82.9 Å². The Hall–Kier alpha value is -3.02. The van der Waals surface area contributed by atoms with Crippen LogP contribution in [0.15, 0.2) is 54.7 Å². The molecule has 1 amide bonds. The molecule has 0 unspecified atom stereocenters. The van der Waals surface area contributed by atoms with E-state index in [0.29, 0.717) is 5.56 Å². The summed E-state index contributed by atoms with van der Waals surface area (Å²) >= 11 is 0. The van der Waals surface area contributed by atoms with Gasteiger partial charge in [-0.3, -0.25) is 4.79 Å². The molecule has 0 bridgehead atoms. The van der Waals surface area contributed by atoms with Gasteiger partial charge in [-0.25, -0.2) is 9.07 Å². The van der Waals surface area contributed by atoms with Crippen LogP contribution in [-0.2, 0) is 6.42 Å². The molecule has 3 aromatic rings. The van der Waals surface area contributed by atoms with Crippen molar-refractivity contribution in [3.8, 4) is 0 Å². The first-order valence-electron chi connectivity index (χ1n) is 8.68. The minimum Gasteiger partial charge on any atom is -0.344 e. The Morgan fingerprint density at radius 3 is 2.85 bits per heavy atom. The Morgan fingerprint density at radius 1 is 1.23 bits per heavy atom. The number of carbonyl (C=O) groups excluding carboxylic acids is 1. The van der Waals surface area contributed by atoms with Crippen LogP contribution in [0.1, 0.15) is 52.6 Å². The maximum atomic E-state index is 14.0. The Morgan fingerprint density at radius 2 is 2.00 bits per heavy atom. The van der Waals surface area contributed by atoms with Crippen molar-refractivity contribution in [2.45, 2.75) is 31.8 Å². The number of halogens is 1. The number of hydrogen-bond acceptors (Lipinski definition) is 3. The van der Waals surface area contributed by atoms with Gasteiger partial charge in [0.1, 0.15) is 5.82 Å². The summed E-state index contributed by atoms with van der Waals surface area (Å²) in [5.74, 6) is -0.567. The first-order valence-corrected chi connectivity index (χ1v) is 8.68. The lowest BCUT2D eigenvalue weighted by Gasteiger charge is -2.13. The Labute approximate surface area is 150 Å². The quantitative estimate of drug-likeness (QED) is 0.784. The molecule has 1 aliphatic carbocycles. The number of carbonyl (C=O) groups is 1. The van der Waals surface area contributed by atoms with Crippen molar-refractivity contribution < 1.29 is 9.18 Å². The van der Waals surface area contributed by atoms with Gasteiger partial charge in [-0.1, -0.05) is 47.7 Å². The van der Waals surface area contributed by atoms with Crippen LogP contribution in [0.5, 0.6) is 0 Å². The van der Waals surface area contributed by atoms with Crippen molar-refractivity contribution in [1.82, 2.24) is 20.3 Å². The van der Waals surface area contributed by atoms with Crippen LogP contribution >= 0.6 is 0 Å². The highest BCUT2D eigenvalue weighted by Gasteiger charge is 2.25. The molecule has 0 radical (unpaired) electrons. The molecular weight excluding hydrogens is 331 g/mol. The van der Waals surface area contributed by atoms with Gasteiger partial charge in [0.05, 0.1) is 18.3 Å². The van der Waals surface area contributed by atoms with E-state index in [1.54, 1.807) is 24.4 Å². The first-order chi connectivity index (χ1) is 12.6. The number of aryl methyl sites for hydroxylation is 1. The minimum absolute atomic E-state index is 0.00663. The fourth-order valence-electron chi connectivity index (χ4n) is 3.47. The summed E-state index contributed by atoms with van der Waals surface area (Å²) in [6.45, 7) is 1.82. The number of aromatic nitrogens is 3. The van der Waals surface area contributed by atoms with Crippen molar-refractivity contribution >= 4 is 5.91 Å². The average molecular weight is 350 g/mol. The maximum absolute atomic E-state index is 14.0. The smallest absolute Gasteiger partial charge is 0.273 e. The van der Waals surface area contributed by atoms with Crippen molar-refractivity contribution in [3.63, 3.8) is 0 Å². The lowest BCUT2D eigenvalue weighted by atomic mass is 10.1. The molecule has 0 fully saturated rings. The number of rotatable bonds is 4. The van der Waals surface area contributed by atoms with Crippen molar-refractivity contribution in [2.75, 3.05) is 0 Å². The molecule has 1 aromatic heterocycles. The van der Waals surface area contributed by atoms with Crippen LogP contribution in [0.25, 0.3) is 0 Å². The van der Waals surface area contributed by atoms with Crippen LogP contribution in [0.3, 0.4) is 0 Å². The second kappa shape index (κ2) is 6.71. The fraction of sp³-hybridized carbons (Fsp3) is 0.250. The molecule has 26 heavy (non-hydrogen) atoms. The Balaban J connectivity index is 1.50. The molecule has 1 heterocycles. The van der Waals surface area contributed by atoms with Gasteiger partial charge in [0, 0.05) is 5.56 Å². The first kappa shape index (κ1) is 16.4. The summed E-state index contributed by atoms with van der Waals surface area (Å²) in [6, 6.07) is 14.3. The molecular formula is C20H19FN4O. The highest BCUT2D eigenvalue weighted by molar-refractivity contribution is 5.92. The van der Waals surface area contributed by atoms with Gasteiger partial charge in [-0.05, 0) is 37.0 Å². The average Bonchev–Trinajstić information content (AvgIpc) is 3.29. The highest BCUT2D eigenvalue weighted by atomic mass is 19.1. The third-order valence-corrected chi connectivity index (χ3v) is 4.93. The Bertz CT molecular complexity index is 952. The number of nitrogens with zero attached hydrogens (tertiary/aromatic N) is 3. The second-order valence-corrected chi connectivity index (χ2v) is 6.54. The maximum Gasteiger partial charge on any atom is 0.273 e. The van der Waals surface area contributed by atoms with Crippen molar-refractivity contribution in [1.29, 1.82) is 0 Å². The summed E-state index contributed by atoms with van der Waals surface area (Å²) in [4.78, 5) is 12.5. The fourth-order valence-corrected chi connectivity index (χ4v) is 3.47. The zero-order valence-corrected chi connectivity index (χ0v) is 14.4. The molecule has 4 rings (SSSR count). The lowest BCUT2D eigenvalue weighted by molar-refractivity contribution is 0.0931. The predicted octanol–water partition coefficient (Wildman–Crippen LogP) is 3.44. The van der Waals surface area contributed by atoms with Crippen LogP contribution in [0.4, 0.5) is 4.39 Å². The van der Waals surface area contributed by atoms with Gasteiger partial charge >= 0.3 is 0 Å². The second-order valence-electron chi connectivity index (χ2n) is 6.54. The monoisotopic (exact) mass is 350 g/mol. The zero-order chi connectivity index (χ0) is 18.1. The molecule has 0 saturated carbocycles. The topological polar surface area (TPSA) is 59.8 Å². The Kier molecular flexibility index (Phi) is 4.24. The molecule has 1 aliphatic rings. The van der Waals surface area contributed by atoms with E-state index in [2.05, 4.69) is 21.7 Å². The van der Waals surface area contributed by atoms with Crippen LogP contribution < -0.4 is 5.32 Å². The summed E-state index contributed by atoms with van der Waals surface area (Å²) < 4.78 is 15.5. The summed E-state index contributed by atoms with van der Waals surface area (Å²) in [5, 5.41) is 11.0. The molecule has 5 nitrogen and oxygen atoms in total. The van der Waals surface area contributed by atoms with Crippen molar-refractivity contribution in [2.24, 2.45) is 0 Å². The molecule has 0 aliphatic heterocycles. The van der Waals surface area contributed by atoms with Gasteiger partial charge < -0.3 is 5.32 Å². The molecule has 0 saturated heterocycles. The standard InChI is InChI=1S/C20H19FN4O/c1-13(15-7-4-5-9-17(15)21)25-12-19(23-24-25)20(26)22-18-11-10-14-6-2-3-8-16(14)18/h2-9,12-13,18H,10-11H2,1H3,(H,22,26)/t13-,18-/m1/s1.